The molecule has 0 aliphatic heterocycles. The van der Waals surface area contributed by atoms with E-state index >= 15 is 0 Å². The van der Waals surface area contributed by atoms with Crippen molar-refractivity contribution in [1.82, 2.24) is 0 Å². The van der Waals surface area contributed by atoms with Gasteiger partial charge in [-0.15, -0.1) is 0 Å². The van der Waals surface area contributed by atoms with Gasteiger partial charge in [-0.05, 0) is 20.8 Å². The van der Waals surface area contributed by atoms with Crippen molar-refractivity contribution in [3.63, 3.8) is 0 Å². The number of hydroxylamine groups is 2. The van der Waals surface area contributed by atoms with Crippen molar-refractivity contribution in [2.45, 2.75) is 26.8 Å². The summed E-state index contributed by atoms with van der Waals surface area (Å²) in [6.07, 6.45) is -0.176. The van der Waals surface area contributed by atoms with Gasteiger partial charge in [0.25, 0.3) is 0 Å². The Bertz CT molecular complexity index is 402. The van der Waals surface area contributed by atoms with Crippen LogP contribution in [0.25, 0.3) is 0 Å². The predicted molar refractivity (Wildman–Crippen MR) is 74.9 cm³/mol. The Morgan fingerprint density at radius 1 is 1.21 bits per heavy atom. The first-order chi connectivity index (χ1) is 9.02. The van der Waals surface area contributed by atoms with Crippen molar-refractivity contribution in [2.75, 3.05) is 19.5 Å². The van der Waals surface area contributed by atoms with Crippen LogP contribution in [-0.2, 0) is 13.6 Å². The van der Waals surface area contributed by atoms with Gasteiger partial charge in [0.2, 0.25) is 0 Å². The molecule has 6 heteroatoms. The lowest BCUT2D eigenvalue weighted by molar-refractivity contribution is -0.868. The summed E-state index contributed by atoms with van der Waals surface area (Å²) >= 11 is 0. The predicted octanol–water partition coefficient (Wildman–Crippen LogP) is 2.35. The van der Waals surface area contributed by atoms with Gasteiger partial charge in [-0.3, -0.25) is 4.57 Å². The van der Waals surface area contributed by atoms with E-state index in [0.717, 1.165) is 5.56 Å². The minimum atomic E-state index is -3.30. The zero-order valence-corrected chi connectivity index (χ0v) is 12.6. The third kappa shape index (κ3) is 5.05. The molecule has 19 heavy (non-hydrogen) atoms. The molecule has 0 fully saturated rings. The van der Waals surface area contributed by atoms with E-state index in [-0.39, 0.29) is 30.6 Å². The van der Waals surface area contributed by atoms with E-state index in [9.17, 15) is 9.77 Å². The maximum absolute atomic E-state index is 12.3. The molecule has 0 saturated heterocycles. The number of rotatable bonds is 8. The number of nitrogens with one attached hydrogen (secondary N) is 1. The van der Waals surface area contributed by atoms with E-state index in [2.05, 4.69) is 0 Å². The number of hydrogen-bond donors (Lipinski definition) is 1. The molecule has 108 valence electrons. The Hall–Kier alpha value is -0.710. The second-order valence-corrected chi connectivity index (χ2v) is 6.26. The second-order valence-electron chi connectivity index (χ2n) is 4.20. The first-order valence-electron chi connectivity index (χ1n) is 6.48. The van der Waals surface area contributed by atoms with Crippen molar-refractivity contribution in [2.24, 2.45) is 0 Å². The number of hydrogen-bond acceptors (Lipinski definition) is 4. The van der Waals surface area contributed by atoms with Crippen LogP contribution < -0.4 is 5.06 Å². The molecule has 1 rings (SSSR count). The maximum atomic E-state index is 12.3. The summed E-state index contributed by atoms with van der Waals surface area (Å²) in [5.41, 5.74) is 0.909. The summed E-state index contributed by atoms with van der Waals surface area (Å²) in [5.74, 6) is 0. The third-order valence-electron chi connectivity index (χ3n) is 2.78. The van der Waals surface area contributed by atoms with Gasteiger partial charge in [-0.1, -0.05) is 30.3 Å². The van der Waals surface area contributed by atoms with E-state index in [1.807, 2.05) is 30.3 Å². The van der Waals surface area contributed by atoms with Crippen molar-refractivity contribution in [3.8, 4) is 0 Å². The van der Waals surface area contributed by atoms with Gasteiger partial charge < -0.3 is 19.3 Å². The minimum absolute atomic E-state index is 0.128. The van der Waals surface area contributed by atoms with Gasteiger partial charge in [0.1, 0.15) is 6.04 Å². The van der Waals surface area contributed by atoms with Crippen LogP contribution in [0.15, 0.2) is 30.3 Å². The van der Waals surface area contributed by atoms with Crippen LogP contribution in [0, 0.1) is 5.21 Å². The molecule has 1 aromatic rings. The van der Waals surface area contributed by atoms with E-state index in [4.69, 9.17) is 9.05 Å². The summed E-state index contributed by atoms with van der Waals surface area (Å²) in [6.45, 7) is 5.81. The van der Waals surface area contributed by atoms with Crippen molar-refractivity contribution >= 4 is 7.60 Å². The van der Waals surface area contributed by atoms with Crippen LogP contribution in [0.1, 0.15) is 32.4 Å². The van der Waals surface area contributed by atoms with Crippen LogP contribution in [0.2, 0.25) is 0 Å². The maximum Gasteiger partial charge on any atom is 0.384 e. The number of quaternary nitrogens is 1. The average molecular weight is 287 g/mol. The molecule has 0 heterocycles. The molecule has 2 atom stereocenters. The first-order valence-corrected chi connectivity index (χ1v) is 8.21. The molecule has 0 radical (unpaired) electrons. The smallest absolute Gasteiger partial charge is 0.384 e. The van der Waals surface area contributed by atoms with Gasteiger partial charge in [0.15, 0.2) is 6.29 Å². The standard InChI is InChI=1S/C13H22NO4P/c1-4-17-19(16,18-5-2)11-14(15)12(3)13-9-7-6-8-10-13/h6-10,12,14H,4-5,11H2,1-3H3/t12-/m0/s1. The number of benzene rings is 1. The minimum Gasteiger partial charge on any atom is -0.633 e. The van der Waals surface area contributed by atoms with Crippen molar-refractivity contribution in [3.05, 3.63) is 41.1 Å². The quantitative estimate of drug-likeness (QED) is 0.589. The lowest BCUT2D eigenvalue weighted by Gasteiger charge is -2.31. The van der Waals surface area contributed by atoms with E-state index in [0.29, 0.717) is 0 Å². The Morgan fingerprint density at radius 3 is 2.21 bits per heavy atom. The highest BCUT2D eigenvalue weighted by atomic mass is 31.2. The van der Waals surface area contributed by atoms with Crippen LogP contribution >= 0.6 is 7.60 Å². The summed E-state index contributed by atoms with van der Waals surface area (Å²) < 4.78 is 22.6. The van der Waals surface area contributed by atoms with Crippen molar-refractivity contribution in [1.29, 1.82) is 0 Å². The van der Waals surface area contributed by atoms with Gasteiger partial charge in [-0.2, -0.15) is 0 Å². The molecule has 0 saturated carbocycles. The zero-order valence-electron chi connectivity index (χ0n) is 11.7. The molecule has 0 aromatic heterocycles. The van der Waals surface area contributed by atoms with Gasteiger partial charge >= 0.3 is 7.60 Å². The highest BCUT2D eigenvalue weighted by Crippen LogP contribution is 2.45. The van der Waals surface area contributed by atoms with Crippen molar-refractivity contribution < 1.29 is 18.7 Å². The Balaban J connectivity index is 2.71. The van der Waals surface area contributed by atoms with Gasteiger partial charge in [0, 0.05) is 5.56 Å². The summed E-state index contributed by atoms with van der Waals surface area (Å²) in [4.78, 5) is 0. The molecule has 1 unspecified atom stereocenters. The third-order valence-corrected chi connectivity index (χ3v) is 4.79. The molecule has 1 aromatic carbocycles. The molecule has 0 aliphatic rings. The largest absolute Gasteiger partial charge is 0.633 e. The Labute approximate surface area is 114 Å². The van der Waals surface area contributed by atoms with E-state index in [1.54, 1.807) is 20.8 Å². The molecule has 1 N–H and O–H groups in total. The molecule has 0 spiro atoms. The molecule has 0 aliphatic carbocycles. The van der Waals surface area contributed by atoms with Crippen LogP contribution in [-0.4, -0.2) is 19.5 Å². The molecular formula is C13H22NO4P. The fourth-order valence-electron chi connectivity index (χ4n) is 1.78. The van der Waals surface area contributed by atoms with E-state index in [1.165, 1.54) is 0 Å². The van der Waals surface area contributed by atoms with Crippen LogP contribution in [0.3, 0.4) is 0 Å². The SMILES string of the molecule is CCOP(=O)(C[NH+]([O-])[C@@H](C)c1ccccc1)OCC. The monoisotopic (exact) mass is 287 g/mol. The lowest BCUT2D eigenvalue weighted by atomic mass is 10.1. The average Bonchev–Trinajstić information content (AvgIpc) is 2.39. The Kier molecular flexibility index (Phi) is 6.69. The van der Waals surface area contributed by atoms with Gasteiger partial charge in [0.05, 0.1) is 13.2 Å². The summed E-state index contributed by atoms with van der Waals surface area (Å²) in [7, 11) is -3.30. The molecule has 0 bridgehead atoms. The fourth-order valence-corrected chi connectivity index (χ4v) is 3.48. The first kappa shape index (κ1) is 16.3. The highest BCUT2D eigenvalue weighted by Gasteiger charge is 2.29. The van der Waals surface area contributed by atoms with Crippen LogP contribution in [0.4, 0.5) is 0 Å². The Morgan fingerprint density at radius 2 is 1.74 bits per heavy atom. The summed E-state index contributed by atoms with van der Waals surface area (Å²) in [6, 6.07) is 9.11. The fraction of sp³-hybridized carbons (Fsp3) is 0.538. The van der Waals surface area contributed by atoms with Gasteiger partial charge in [-0.25, -0.2) is 0 Å². The summed E-state index contributed by atoms with van der Waals surface area (Å²) in [5, 5.41) is 12.0. The molecule has 5 nitrogen and oxygen atoms in total. The lowest BCUT2D eigenvalue weighted by Crippen LogP contribution is -3.07. The zero-order chi connectivity index (χ0) is 14.3. The highest BCUT2D eigenvalue weighted by molar-refractivity contribution is 7.53. The molecule has 0 amide bonds. The second kappa shape index (κ2) is 7.78. The topological polar surface area (TPSA) is 63.0 Å². The molecular weight excluding hydrogens is 265 g/mol. The van der Waals surface area contributed by atoms with E-state index < -0.39 is 7.60 Å². The normalized spacial score (nSPS) is 15.2. The van der Waals surface area contributed by atoms with Crippen LogP contribution in [0.5, 0.6) is 0 Å².